The summed E-state index contributed by atoms with van der Waals surface area (Å²) in [6.45, 7) is 4.34. The van der Waals surface area contributed by atoms with Crippen LogP contribution >= 0.6 is 23.4 Å². The minimum absolute atomic E-state index is 0.432. The van der Waals surface area contributed by atoms with Crippen molar-refractivity contribution in [1.29, 1.82) is 0 Å². The smallest absolute Gasteiger partial charge is 0.247 e. The second-order valence-corrected chi connectivity index (χ2v) is 7.08. The number of rotatable bonds is 6. The van der Waals surface area contributed by atoms with Gasteiger partial charge in [0, 0.05) is 16.5 Å². The van der Waals surface area contributed by atoms with Crippen molar-refractivity contribution >= 4 is 35.0 Å². The number of nitrogens with zero attached hydrogens (tertiary/aromatic N) is 2. The van der Waals surface area contributed by atoms with Gasteiger partial charge in [0.2, 0.25) is 5.95 Å². The van der Waals surface area contributed by atoms with E-state index in [9.17, 15) is 0 Å². The molecule has 0 unspecified atom stereocenters. The Morgan fingerprint density at radius 1 is 1.12 bits per heavy atom. The molecule has 0 aliphatic heterocycles. The van der Waals surface area contributed by atoms with Crippen LogP contribution in [0.4, 0.5) is 11.6 Å². The Bertz CT molecular complexity index is 816. The molecule has 0 amide bonds. The lowest BCUT2D eigenvalue weighted by Crippen LogP contribution is -1.98. The minimum atomic E-state index is 0.432. The van der Waals surface area contributed by atoms with E-state index in [0.717, 1.165) is 27.2 Å². The summed E-state index contributed by atoms with van der Waals surface area (Å²) >= 11 is 7.75. The molecule has 0 spiro atoms. The summed E-state index contributed by atoms with van der Waals surface area (Å²) in [5.74, 6) is 1.75. The highest BCUT2D eigenvalue weighted by Crippen LogP contribution is 2.28. The van der Waals surface area contributed by atoms with E-state index in [0.29, 0.717) is 11.9 Å². The zero-order valence-corrected chi connectivity index (χ0v) is 15.2. The van der Waals surface area contributed by atoms with Gasteiger partial charge in [-0.2, -0.15) is 4.98 Å². The van der Waals surface area contributed by atoms with Crippen LogP contribution in [0.3, 0.4) is 0 Å². The maximum absolute atomic E-state index is 6.18. The van der Waals surface area contributed by atoms with Crippen molar-refractivity contribution in [2.75, 3.05) is 5.32 Å². The zero-order valence-electron chi connectivity index (χ0n) is 13.6. The van der Waals surface area contributed by atoms with Gasteiger partial charge in [0.25, 0.3) is 0 Å². The first-order valence-corrected chi connectivity index (χ1v) is 9.14. The van der Waals surface area contributed by atoms with E-state index in [1.807, 2.05) is 42.5 Å². The fourth-order valence-corrected chi connectivity index (χ4v) is 3.45. The van der Waals surface area contributed by atoms with Crippen LogP contribution < -0.4 is 5.32 Å². The van der Waals surface area contributed by atoms with Gasteiger partial charge in [0.15, 0.2) is 5.16 Å². The summed E-state index contributed by atoms with van der Waals surface area (Å²) in [5, 5.41) is 12.0. The second kappa shape index (κ2) is 7.73. The topological polar surface area (TPSA) is 53.6 Å². The maximum atomic E-state index is 6.18. The Morgan fingerprint density at radius 3 is 2.67 bits per heavy atom. The number of nitrogens with one attached hydrogen (secondary N) is 2. The molecule has 4 nitrogen and oxygen atoms in total. The summed E-state index contributed by atoms with van der Waals surface area (Å²) in [6, 6.07) is 16.0. The van der Waals surface area contributed by atoms with Gasteiger partial charge in [0.05, 0.1) is 0 Å². The zero-order chi connectivity index (χ0) is 16.9. The normalized spacial score (nSPS) is 11.0. The molecule has 0 saturated heterocycles. The molecule has 24 heavy (non-hydrogen) atoms. The summed E-state index contributed by atoms with van der Waals surface area (Å²) in [7, 11) is 0. The van der Waals surface area contributed by atoms with Crippen LogP contribution in [0.15, 0.2) is 53.7 Å². The van der Waals surface area contributed by atoms with Crippen molar-refractivity contribution in [3.8, 4) is 0 Å². The van der Waals surface area contributed by atoms with Crippen molar-refractivity contribution in [2.45, 2.75) is 30.7 Å². The fourth-order valence-electron chi connectivity index (χ4n) is 2.36. The van der Waals surface area contributed by atoms with E-state index < -0.39 is 0 Å². The van der Waals surface area contributed by atoms with Gasteiger partial charge in [-0.1, -0.05) is 73.6 Å². The van der Waals surface area contributed by atoms with Crippen molar-refractivity contribution in [3.05, 3.63) is 64.7 Å². The highest BCUT2D eigenvalue weighted by atomic mass is 35.5. The van der Waals surface area contributed by atoms with Crippen LogP contribution in [0.2, 0.25) is 5.02 Å². The second-order valence-electron chi connectivity index (χ2n) is 5.71. The number of thioether (sulfide) groups is 1. The fraction of sp³-hybridized carbons (Fsp3) is 0.222. The Morgan fingerprint density at radius 2 is 1.88 bits per heavy atom. The summed E-state index contributed by atoms with van der Waals surface area (Å²) < 4.78 is 0. The van der Waals surface area contributed by atoms with E-state index in [1.54, 1.807) is 11.8 Å². The number of aromatic nitrogens is 3. The maximum Gasteiger partial charge on any atom is 0.247 e. The van der Waals surface area contributed by atoms with Gasteiger partial charge in [0.1, 0.15) is 0 Å². The number of para-hydroxylation sites is 1. The quantitative estimate of drug-likeness (QED) is 0.562. The van der Waals surface area contributed by atoms with Gasteiger partial charge in [-0.3, -0.25) is 5.10 Å². The van der Waals surface area contributed by atoms with Crippen molar-refractivity contribution < 1.29 is 0 Å². The largest absolute Gasteiger partial charge is 0.323 e. The third kappa shape index (κ3) is 4.10. The third-order valence-electron chi connectivity index (χ3n) is 3.62. The lowest BCUT2D eigenvalue weighted by molar-refractivity contribution is 0.868. The van der Waals surface area contributed by atoms with Crippen LogP contribution in [0, 0.1) is 0 Å². The standard InChI is InChI=1S/C18H19ClN4S/c1-12(2)14-8-4-6-10-16(14)20-17-21-18(23-22-17)24-11-13-7-3-5-9-15(13)19/h3-10,12H,11H2,1-2H3,(H2,20,21,22,23). The Hall–Kier alpha value is -1.98. The average molecular weight is 359 g/mol. The molecule has 124 valence electrons. The van der Waals surface area contributed by atoms with Crippen LogP contribution in [0.5, 0.6) is 0 Å². The number of halogens is 1. The van der Waals surface area contributed by atoms with Gasteiger partial charge >= 0.3 is 0 Å². The molecular weight excluding hydrogens is 340 g/mol. The number of hydrogen-bond donors (Lipinski definition) is 2. The lowest BCUT2D eigenvalue weighted by atomic mass is 10.0. The molecule has 2 N–H and O–H groups in total. The molecule has 1 heterocycles. The Kier molecular flexibility index (Phi) is 5.43. The number of benzene rings is 2. The van der Waals surface area contributed by atoms with Crippen LogP contribution in [0.1, 0.15) is 30.9 Å². The molecule has 0 aliphatic carbocycles. The average Bonchev–Trinajstić information content (AvgIpc) is 3.02. The van der Waals surface area contributed by atoms with Crippen LogP contribution in [-0.4, -0.2) is 15.2 Å². The molecule has 6 heteroatoms. The van der Waals surface area contributed by atoms with E-state index in [4.69, 9.17) is 11.6 Å². The van der Waals surface area contributed by atoms with Gasteiger partial charge < -0.3 is 5.32 Å². The summed E-state index contributed by atoms with van der Waals surface area (Å²) in [5.41, 5.74) is 3.36. The van der Waals surface area contributed by atoms with Crippen molar-refractivity contribution in [2.24, 2.45) is 0 Å². The summed E-state index contributed by atoms with van der Waals surface area (Å²) in [6.07, 6.45) is 0. The van der Waals surface area contributed by atoms with Gasteiger partial charge in [-0.25, -0.2) is 0 Å². The minimum Gasteiger partial charge on any atom is -0.323 e. The number of anilines is 2. The number of hydrogen-bond acceptors (Lipinski definition) is 4. The molecule has 0 fully saturated rings. The predicted octanol–water partition coefficient (Wildman–Crippen LogP) is 5.62. The predicted molar refractivity (Wildman–Crippen MR) is 101 cm³/mol. The van der Waals surface area contributed by atoms with Crippen LogP contribution in [-0.2, 0) is 5.75 Å². The Balaban J connectivity index is 1.67. The van der Waals surface area contributed by atoms with E-state index in [2.05, 4.69) is 40.4 Å². The highest BCUT2D eigenvalue weighted by molar-refractivity contribution is 7.98. The summed E-state index contributed by atoms with van der Waals surface area (Å²) in [4.78, 5) is 4.49. The van der Waals surface area contributed by atoms with Crippen LogP contribution in [0.25, 0.3) is 0 Å². The van der Waals surface area contributed by atoms with Crippen molar-refractivity contribution in [3.63, 3.8) is 0 Å². The molecule has 0 saturated carbocycles. The first kappa shape index (κ1) is 16.9. The molecular formula is C18H19ClN4S. The van der Waals surface area contributed by atoms with Gasteiger partial charge in [-0.05, 0) is 29.2 Å². The SMILES string of the molecule is CC(C)c1ccccc1Nc1n[nH]c(SCc2ccccc2Cl)n1. The number of aromatic amines is 1. The first-order valence-electron chi connectivity index (χ1n) is 7.78. The van der Waals surface area contributed by atoms with E-state index in [1.165, 1.54) is 5.56 Å². The molecule has 3 rings (SSSR count). The molecule has 0 atom stereocenters. The first-order chi connectivity index (χ1) is 11.6. The molecule has 3 aromatic rings. The molecule has 0 radical (unpaired) electrons. The molecule has 0 aliphatic rings. The van der Waals surface area contributed by atoms with Crippen molar-refractivity contribution in [1.82, 2.24) is 15.2 Å². The lowest BCUT2D eigenvalue weighted by Gasteiger charge is -2.12. The highest BCUT2D eigenvalue weighted by Gasteiger charge is 2.09. The molecule has 0 bridgehead atoms. The monoisotopic (exact) mass is 358 g/mol. The van der Waals surface area contributed by atoms with E-state index >= 15 is 0 Å². The third-order valence-corrected chi connectivity index (χ3v) is 4.90. The van der Waals surface area contributed by atoms with E-state index in [-0.39, 0.29) is 0 Å². The van der Waals surface area contributed by atoms with Gasteiger partial charge in [-0.15, -0.1) is 5.10 Å². The molecule has 1 aromatic heterocycles. The Labute approximate surface area is 151 Å². The molecule has 2 aromatic carbocycles. The number of H-pyrrole nitrogens is 1.